The van der Waals surface area contributed by atoms with E-state index in [0.717, 1.165) is 26.2 Å². The molecule has 1 aliphatic rings. The van der Waals surface area contributed by atoms with Gasteiger partial charge < -0.3 is 10.1 Å². The molecule has 0 bridgehead atoms. The normalized spacial score (nSPS) is 20.1. The van der Waals surface area contributed by atoms with Crippen LogP contribution in [0.1, 0.15) is 37.8 Å². The summed E-state index contributed by atoms with van der Waals surface area (Å²) in [6.07, 6.45) is 2.85. The van der Waals surface area contributed by atoms with Crippen molar-refractivity contribution in [2.24, 2.45) is 5.92 Å². The third-order valence-corrected chi connectivity index (χ3v) is 4.18. The van der Waals surface area contributed by atoms with Crippen LogP contribution in [-0.4, -0.2) is 37.7 Å². The molecule has 1 atom stereocenters. The van der Waals surface area contributed by atoms with Gasteiger partial charge in [0.25, 0.3) is 0 Å². The van der Waals surface area contributed by atoms with Gasteiger partial charge in [-0.1, -0.05) is 38.1 Å². The van der Waals surface area contributed by atoms with Crippen molar-refractivity contribution in [2.75, 3.05) is 26.7 Å². The Morgan fingerprint density at radius 2 is 2.05 bits per heavy atom. The molecule has 0 spiro atoms. The number of nitrogens with one attached hydrogen (secondary N) is 1. The molecular weight excluding hydrogens is 260 g/mol. The smallest absolute Gasteiger partial charge is 0.0698 e. The average Bonchev–Trinajstić information content (AvgIpc) is 2.49. The van der Waals surface area contributed by atoms with Crippen LogP contribution in [0.3, 0.4) is 0 Å². The van der Waals surface area contributed by atoms with Crippen molar-refractivity contribution in [2.45, 2.75) is 45.9 Å². The first-order valence-electron chi connectivity index (χ1n) is 8.21. The van der Waals surface area contributed by atoms with Gasteiger partial charge in [-0.2, -0.15) is 0 Å². The van der Waals surface area contributed by atoms with Crippen molar-refractivity contribution >= 4 is 0 Å². The van der Waals surface area contributed by atoms with Crippen LogP contribution in [0.5, 0.6) is 0 Å². The van der Waals surface area contributed by atoms with Crippen LogP contribution in [0.25, 0.3) is 0 Å². The minimum atomic E-state index is 0.407. The Morgan fingerprint density at radius 3 is 2.76 bits per heavy atom. The van der Waals surface area contributed by atoms with Gasteiger partial charge in [0.15, 0.2) is 0 Å². The zero-order valence-corrected chi connectivity index (χ0v) is 13.8. The molecule has 1 aromatic carbocycles. The third kappa shape index (κ3) is 5.42. The van der Waals surface area contributed by atoms with Crippen LogP contribution in [0.2, 0.25) is 0 Å². The van der Waals surface area contributed by atoms with Crippen LogP contribution >= 0.6 is 0 Å². The molecule has 1 fully saturated rings. The lowest BCUT2D eigenvalue weighted by molar-refractivity contribution is 0.0284. The van der Waals surface area contributed by atoms with Crippen LogP contribution in [-0.2, 0) is 17.8 Å². The largest absolute Gasteiger partial charge is 0.380 e. The van der Waals surface area contributed by atoms with E-state index in [9.17, 15) is 0 Å². The number of hydrogen-bond acceptors (Lipinski definition) is 3. The summed E-state index contributed by atoms with van der Waals surface area (Å²) in [6, 6.07) is 8.81. The molecule has 1 aliphatic heterocycles. The Balaban J connectivity index is 1.92. The summed E-state index contributed by atoms with van der Waals surface area (Å²) < 4.78 is 5.53. The molecule has 3 nitrogen and oxygen atoms in total. The van der Waals surface area contributed by atoms with Crippen LogP contribution in [0.4, 0.5) is 0 Å². The van der Waals surface area contributed by atoms with E-state index >= 15 is 0 Å². The van der Waals surface area contributed by atoms with Gasteiger partial charge in [-0.15, -0.1) is 0 Å². The van der Waals surface area contributed by atoms with Crippen molar-refractivity contribution in [3.8, 4) is 0 Å². The van der Waals surface area contributed by atoms with Crippen LogP contribution in [0.15, 0.2) is 24.3 Å². The maximum Gasteiger partial charge on any atom is 0.0698 e. The van der Waals surface area contributed by atoms with Gasteiger partial charge >= 0.3 is 0 Å². The number of methoxy groups -OCH3 is 1. The molecule has 118 valence electrons. The molecule has 0 aromatic heterocycles. The lowest BCUT2D eigenvalue weighted by Gasteiger charge is -2.32. The highest BCUT2D eigenvalue weighted by atomic mass is 16.5. The Bertz CT molecular complexity index is 419. The summed E-state index contributed by atoms with van der Waals surface area (Å²) >= 11 is 0. The maximum absolute atomic E-state index is 5.53. The zero-order chi connectivity index (χ0) is 15.1. The van der Waals surface area contributed by atoms with Gasteiger partial charge in [0.2, 0.25) is 0 Å². The summed E-state index contributed by atoms with van der Waals surface area (Å²) in [6.45, 7) is 9.83. The van der Waals surface area contributed by atoms with E-state index in [2.05, 4.69) is 48.3 Å². The molecule has 3 heteroatoms. The fraction of sp³-hybridized carbons (Fsp3) is 0.667. The standard InChI is InChI=1S/C18H30N2O/c1-15(2)11-19-12-16-7-4-5-8-17(16)13-20-10-6-9-18(14-20)21-3/h4-5,7-8,15,18-19H,6,9-14H2,1-3H3. The minimum Gasteiger partial charge on any atom is -0.380 e. The van der Waals surface area contributed by atoms with Gasteiger partial charge in [0.05, 0.1) is 6.10 Å². The van der Waals surface area contributed by atoms with Gasteiger partial charge in [0.1, 0.15) is 0 Å². The topological polar surface area (TPSA) is 24.5 Å². The monoisotopic (exact) mass is 290 g/mol. The van der Waals surface area contributed by atoms with E-state index in [1.165, 1.54) is 30.5 Å². The molecular formula is C18H30N2O. The zero-order valence-electron chi connectivity index (χ0n) is 13.8. The number of likely N-dealkylation sites (tertiary alicyclic amines) is 1. The molecule has 0 saturated carbocycles. The fourth-order valence-corrected chi connectivity index (χ4v) is 2.97. The molecule has 1 saturated heterocycles. The molecule has 1 aromatic rings. The van der Waals surface area contributed by atoms with Crippen molar-refractivity contribution in [1.29, 1.82) is 0 Å². The number of benzene rings is 1. The molecule has 1 unspecified atom stereocenters. The van der Waals surface area contributed by atoms with Gasteiger partial charge in [-0.3, -0.25) is 4.90 Å². The van der Waals surface area contributed by atoms with E-state index in [-0.39, 0.29) is 0 Å². The first-order chi connectivity index (χ1) is 10.2. The first-order valence-corrected chi connectivity index (χ1v) is 8.21. The third-order valence-electron chi connectivity index (χ3n) is 4.18. The molecule has 0 radical (unpaired) electrons. The lowest BCUT2D eigenvalue weighted by atomic mass is 10.0. The van der Waals surface area contributed by atoms with Crippen LogP contribution in [0, 0.1) is 5.92 Å². The number of rotatable bonds is 7. The van der Waals surface area contributed by atoms with E-state index in [1.54, 1.807) is 0 Å². The highest BCUT2D eigenvalue weighted by Crippen LogP contribution is 2.17. The second-order valence-corrected chi connectivity index (χ2v) is 6.53. The maximum atomic E-state index is 5.53. The Kier molecular flexibility index (Phi) is 6.68. The number of nitrogens with zero attached hydrogens (tertiary/aromatic N) is 1. The molecule has 0 aliphatic carbocycles. The summed E-state index contributed by atoms with van der Waals surface area (Å²) in [7, 11) is 1.83. The van der Waals surface area contributed by atoms with E-state index in [0.29, 0.717) is 12.0 Å². The quantitative estimate of drug-likeness (QED) is 0.835. The number of piperidine rings is 1. The number of ether oxygens (including phenoxy) is 1. The highest BCUT2D eigenvalue weighted by Gasteiger charge is 2.19. The summed E-state index contributed by atoms with van der Waals surface area (Å²) in [4.78, 5) is 2.53. The molecule has 0 amide bonds. The number of hydrogen-bond donors (Lipinski definition) is 1. The van der Waals surface area contributed by atoms with Gasteiger partial charge in [-0.25, -0.2) is 0 Å². The molecule has 1 N–H and O–H groups in total. The second-order valence-electron chi connectivity index (χ2n) is 6.53. The molecule has 2 rings (SSSR count). The van der Waals surface area contributed by atoms with Crippen molar-refractivity contribution < 1.29 is 4.74 Å². The van der Waals surface area contributed by atoms with Gasteiger partial charge in [0, 0.05) is 26.7 Å². The SMILES string of the molecule is COC1CCCN(Cc2ccccc2CNCC(C)C)C1. The predicted molar refractivity (Wildman–Crippen MR) is 88.3 cm³/mol. The van der Waals surface area contributed by atoms with Gasteiger partial charge in [-0.05, 0) is 43.0 Å². The molecule has 21 heavy (non-hydrogen) atoms. The van der Waals surface area contributed by atoms with Crippen molar-refractivity contribution in [3.05, 3.63) is 35.4 Å². The minimum absolute atomic E-state index is 0.407. The average molecular weight is 290 g/mol. The van der Waals surface area contributed by atoms with Crippen molar-refractivity contribution in [1.82, 2.24) is 10.2 Å². The van der Waals surface area contributed by atoms with E-state index < -0.39 is 0 Å². The Hall–Kier alpha value is -0.900. The lowest BCUT2D eigenvalue weighted by Crippen LogP contribution is -2.38. The van der Waals surface area contributed by atoms with Crippen molar-refractivity contribution in [3.63, 3.8) is 0 Å². The van der Waals surface area contributed by atoms with E-state index in [1.807, 2.05) is 7.11 Å². The summed E-state index contributed by atoms with van der Waals surface area (Å²) in [5.74, 6) is 0.696. The second kappa shape index (κ2) is 8.52. The Morgan fingerprint density at radius 1 is 1.29 bits per heavy atom. The van der Waals surface area contributed by atoms with E-state index in [4.69, 9.17) is 4.74 Å². The van der Waals surface area contributed by atoms with Crippen LogP contribution < -0.4 is 5.32 Å². The summed E-state index contributed by atoms with van der Waals surface area (Å²) in [5, 5.41) is 3.56. The Labute approximate surface area is 129 Å². The molecule has 1 heterocycles. The highest BCUT2D eigenvalue weighted by molar-refractivity contribution is 5.27. The summed E-state index contributed by atoms with van der Waals surface area (Å²) in [5.41, 5.74) is 2.88. The first kappa shape index (κ1) is 16.5. The fourth-order valence-electron chi connectivity index (χ4n) is 2.97. The predicted octanol–water partition coefficient (Wildman–Crippen LogP) is 3.04.